The van der Waals surface area contributed by atoms with Gasteiger partial charge in [0.15, 0.2) is 0 Å². The summed E-state index contributed by atoms with van der Waals surface area (Å²) in [6, 6.07) is 8.96. The number of benzene rings is 1. The first kappa shape index (κ1) is 21.1. The Bertz CT molecular complexity index is 992. The fourth-order valence-electron chi connectivity index (χ4n) is 2.85. The number of carbonyl (C=O) groups is 1. The maximum atomic E-state index is 13.0. The highest BCUT2D eigenvalue weighted by Gasteiger charge is 2.32. The summed E-state index contributed by atoms with van der Waals surface area (Å²) in [5, 5.41) is 4.71. The third-order valence-electron chi connectivity index (χ3n) is 4.65. The third kappa shape index (κ3) is 5.06. The average Bonchev–Trinajstić information content (AvgIpc) is 3.30. The van der Waals surface area contributed by atoms with Crippen LogP contribution in [0.3, 0.4) is 0 Å². The molecule has 0 atom stereocenters. The van der Waals surface area contributed by atoms with Crippen LogP contribution in [0.15, 0.2) is 46.2 Å². The van der Waals surface area contributed by atoms with Crippen molar-refractivity contribution in [2.24, 2.45) is 0 Å². The first-order valence-electron chi connectivity index (χ1n) is 9.01. The molecule has 29 heavy (non-hydrogen) atoms. The van der Waals surface area contributed by atoms with E-state index in [0.717, 1.165) is 17.0 Å². The van der Waals surface area contributed by atoms with Crippen LogP contribution in [0, 0.1) is 6.92 Å². The highest BCUT2D eigenvalue weighted by molar-refractivity contribution is 7.13. The molecule has 0 spiro atoms. The number of thiophene rings is 1. The van der Waals surface area contributed by atoms with Gasteiger partial charge < -0.3 is 9.73 Å². The molecular formula is C21H21F3N2O2S. The molecule has 3 rings (SSSR count). The molecule has 0 saturated carbocycles. The lowest BCUT2D eigenvalue weighted by atomic mass is 9.83. The second kappa shape index (κ2) is 8.02. The Morgan fingerprint density at radius 2 is 1.90 bits per heavy atom. The summed E-state index contributed by atoms with van der Waals surface area (Å²) in [4.78, 5) is 17.7. The smallest absolute Gasteiger partial charge is 0.416 e. The van der Waals surface area contributed by atoms with E-state index in [1.165, 1.54) is 17.4 Å². The van der Waals surface area contributed by atoms with Crippen LogP contribution in [0.1, 0.15) is 36.4 Å². The second-order valence-corrected chi connectivity index (χ2v) is 8.36. The lowest BCUT2D eigenvalue weighted by molar-refractivity contribution is -0.137. The van der Waals surface area contributed by atoms with Gasteiger partial charge in [-0.1, -0.05) is 38.1 Å². The molecule has 0 radical (unpaired) electrons. The first-order chi connectivity index (χ1) is 13.6. The van der Waals surface area contributed by atoms with E-state index in [2.05, 4.69) is 10.3 Å². The molecule has 0 fully saturated rings. The van der Waals surface area contributed by atoms with Crippen molar-refractivity contribution in [3.05, 3.63) is 64.4 Å². The maximum absolute atomic E-state index is 13.0. The SMILES string of the molecule is Cc1oc(-c2cccs2)nc1CC(=O)NCC(C)(C)c1cccc(C(F)(F)F)c1. The Hall–Kier alpha value is -2.61. The molecule has 0 saturated heterocycles. The first-order valence-corrected chi connectivity index (χ1v) is 9.89. The zero-order valence-corrected chi connectivity index (χ0v) is 17.1. The number of halogens is 3. The number of rotatable bonds is 6. The van der Waals surface area contributed by atoms with Gasteiger partial charge in [0, 0.05) is 12.0 Å². The van der Waals surface area contributed by atoms with E-state index in [1.807, 2.05) is 17.5 Å². The van der Waals surface area contributed by atoms with E-state index >= 15 is 0 Å². The van der Waals surface area contributed by atoms with Crippen LogP contribution in [0.4, 0.5) is 13.2 Å². The van der Waals surface area contributed by atoms with Crippen molar-refractivity contribution < 1.29 is 22.4 Å². The van der Waals surface area contributed by atoms with Crippen LogP contribution in [0.2, 0.25) is 0 Å². The summed E-state index contributed by atoms with van der Waals surface area (Å²) in [6.45, 7) is 5.53. The number of alkyl halides is 3. The third-order valence-corrected chi connectivity index (χ3v) is 5.51. The molecule has 154 valence electrons. The van der Waals surface area contributed by atoms with E-state index in [1.54, 1.807) is 26.8 Å². The van der Waals surface area contributed by atoms with Crippen molar-refractivity contribution in [1.29, 1.82) is 0 Å². The molecule has 2 aromatic heterocycles. The van der Waals surface area contributed by atoms with Crippen LogP contribution < -0.4 is 5.32 Å². The van der Waals surface area contributed by atoms with Gasteiger partial charge in [0.1, 0.15) is 5.76 Å². The van der Waals surface area contributed by atoms with Gasteiger partial charge in [0.05, 0.1) is 22.6 Å². The fraction of sp³-hybridized carbons (Fsp3) is 0.333. The molecular weight excluding hydrogens is 401 g/mol. The lowest BCUT2D eigenvalue weighted by Crippen LogP contribution is -2.37. The zero-order valence-electron chi connectivity index (χ0n) is 16.3. The molecule has 0 aliphatic heterocycles. The van der Waals surface area contributed by atoms with E-state index in [-0.39, 0.29) is 18.9 Å². The summed E-state index contributed by atoms with van der Waals surface area (Å²) in [6.07, 6.45) is -4.36. The number of aryl methyl sites for hydroxylation is 1. The quantitative estimate of drug-likeness (QED) is 0.581. The van der Waals surface area contributed by atoms with Crippen molar-refractivity contribution in [2.45, 2.75) is 38.8 Å². The fourth-order valence-corrected chi connectivity index (χ4v) is 3.50. The minimum Gasteiger partial charge on any atom is -0.440 e. The number of nitrogens with one attached hydrogen (secondary N) is 1. The van der Waals surface area contributed by atoms with Crippen LogP contribution >= 0.6 is 11.3 Å². The van der Waals surface area contributed by atoms with E-state index in [4.69, 9.17) is 4.42 Å². The van der Waals surface area contributed by atoms with Crippen molar-refractivity contribution in [3.63, 3.8) is 0 Å². The number of amides is 1. The van der Waals surface area contributed by atoms with Gasteiger partial charge in [0.25, 0.3) is 0 Å². The molecule has 3 aromatic rings. The van der Waals surface area contributed by atoms with Crippen LogP contribution in [-0.4, -0.2) is 17.4 Å². The summed E-state index contributed by atoms with van der Waals surface area (Å²) in [7, 11) is 0. The predicted molar refractivity (Wildman–Crippen MR) is 106 cm³/mol. The van der Waals surface area contributed by atoms with Gasteiger partial charge >= 0.3 is 6.18 Å². The zero-order chi connectivity index (χ0) is 21.2. The lowest BCUT2D eigenvalue weighted by Gasteiger charge is -2.26. The largest absolute Gasteiger partial charge is 0.440 e. The minimum atomic E-state index is -4.40. The van der Waals surface area contributed by atoms with Gasteiger partial charge in [-0.25, -0.2) is 4.98 Å². The van der Waals surface area contributed by atoms with Gasteiger partial charge in [-0.2, -0.15) is 13.2 Å². The normalized spacial score (nSPS) is 12.2. The van der Waals surface area contributed by atoms with Gasteiger partial charge in [-0.15, -0.1) is 11.3 Å². The van der Waals surface area contributed by atoms with Crippen molar-refractivity contribution in [2.75, 3.05) is 6.54 Å². The molecule has 0 unspecified atom stereocenters. The minimum absolute atomic E-state index is 0.0411. The average molecular weight is 422 g/mol. The number of carbonyl (C=O) groups excluding carboxylic acids is 1. The number of hydrogen-bond acceptors (Lipinski definition) is 4. The van der Waals surface area contributed by atoms with Crippen LogP contribution in [0.25, 0.3) is 10.8 Å². The summed E-state index contributed by atoms with van der Waals surface area (Å²) in [5.41, 5.74) is -0.320. The van der Waals surface area contributed by atoms with Crippen LogP contribution in [-0.2, 0) is 22.8 Å². The number of aromatic nitrogens is 1. The molecule has 0 bridgehead atoms. The number of nitrogens with zero attached hydrogens (tertiary/aromatic N) is 1. The van der Waals surface area contributed by atoms with Gasteiger partial charge in [-0.3, -0.25) is 4.79 Å². The number of hydrogen-bond donors (Lipinski definition) is 1. The highest BCUT2D eigenvalue weighted by Crippen LogP contribution is 2.32. The summed E-state index contributed by atoms with van der Waals surface area (Å²) < 4.78 is 44.5. The van der Waals surface area contributed by atoms with E-state index < -0.39 is 17.2 Å². The molecule has 0 aliphatic rings. The Morgan fingerprint density at radius 3 is 2.55 bits per heavy atom. The molecule has 8 heteroatoms. The molecule has 4 nitrogen and oxygen atoms in total. The number of oxazole rings is 1. The Morgan fingerprint density at radius 1 is 1.17 bits per heavy atom. The van der Waals surface area contributed by atoms with E-state index in [9.17, 15) is 18.0 Å². The van der Waals surface area contributed by atoms with Crippen LogP contribution in [0.5, 0.6) is 0 Å². The maximum Gasteiger partial charge on any atom is 0.416 e. The molecule has 1 amide bonds. The summed E-state index contributed by atoms with van der Waals surface area (Å²) in [5.74, 6) is 0.782. The van der Waals surface area contributed by atoms with Crippen molar-refractivity contribution in [3.8, 4) is 10.8 Å². The van der Waals surface area contributed by atoms with Gasteiger partial charge in [0.2, 0.25) is 11.8 Å². The van der Waals surface area contributed by atoms with Crippen molar-refractivity contribution >= 4 is 17.2 Å². The van der Waals surface area contributed by atoms with Gasteiger partial charge in [-0.05, 0) is 30.0 Å². The predicted octanol–water partition coefficient (Wildman–Crippen LogP) is 5.37. The van der Waals surface area contributed by atoms with Crippen molar-refractivity contribution in [1.82, 2.24) is 10.3 Å². The highest BCUT2D eigenvalue weighted by atomic mass is 32.1. The molecule has 2 heterocycles. The topological polar surface area (TPSA) is 55.1 Å². The second-order valence-electron chi connectivity index (χ2n) is 7.42. The Balaban J connectivity index is 1.65. The standard InChI is InChI=1S/C21H21F3N2O2S/c1-13-16(26-19(28-13)17-8-5-9-29-17)11-18(27)25-12-20(2,3)14-6-4-7-15(10-14)21(22,23)24/h4-10H,11-12H2,1-3H3,(H,25,27). The monoisotopic (exact) mass is 422 g/mol. The van der Waals surface area contributed by atoms with E-state index in [0.29, 0.717) is 22.9 Å². The molecule has 1 aromatic carbocycles. The Labute approximate surface area is 170 Å². The molecule has 1 N–H and O–H groups in total. The summed E-state index contributed by atoms with van der Waals surface area (Å²) >= 11 is 1.49. The molecule has 0 aliphatic carbocycles. The Kier molecular flexibility index (Phi) is 5.84.